The summed E-state index contributed by atoms with van der Waals surface area (Å²) in [6.07, 6.45) is 2.46. The molecule has 1 heterocycles. The van der Waals surface area contributed by atoms with Crippen molar-refractivity contribution < 1.29 is 9.53 Å². The Balaban J connectivity index is 2.48. The van der Waals surface area contributed by atoms with E-state index in [9.17, 15) is 4.79 Å². The lowest BCUT2D eigenvalue weighted by Crippen LogP contribution is -2.45. The zero-order valence-corrected chi connectivity index (χ0v) is 10.7. The van der Waals surface area contributed by atoms with E-state index in [0.717, 1.165) is 45.6 Å². The van der Waals surface area contributed by atoms with Gasteiger partial charge in [0.25, 0.3) is 0 Å². The van der Waals surface area contributed by atoms with Gasteiger partial charge in [-0.3, -0.25) is 0 Å². The Morgan fingerprint density at radius 2 is 1.81 bits per heavy atom. The highest BCUT2D eigenvalue weighted by Gasteiger charge is 2.23. The highest BCUT2D eigenvalue weighted by atomic mass is 16.5. The zero-order chi connectivity index (χ0) is 12.0. The van der Waals surface area contributed by atoms with E-state index < -0.39 is 0 Å². The molecule has 0 spiro atoms. The molecule has 94 valence electrons. The molecule has 0 aliphatic carbocycles. The highest BCUT2D eigenvalue weighted by Crippen LogP contribution is 2.14. The van der Waals surface area contributed by atoms with Crippen LogP contribution in [0.5, 0.6) is 0 Å². The molecule has 0 aromatic rings. The molecule has 0 aromatic heterocycles. The molecule has 1 fully saturated rings. The van der Waals surface area contributed by atoms with Gasteiger partial charge in [0, 0.05) is 32.8 Å². The lowest BCUT2D eigenvalue weighted by molar-refractivity contribution is 0.0753. The van der Waals surface area contributed by atoms with E-state index in [2.05, 4.69) is 0 Å². The molecule has 0 radical (unpaired) electrons. The predicted molar refractivity (Wildman–Crippen MR) is 64.5 cm³/mol. The van der Waals surface area contributed by atoms with Gasteiger partial charge in [-0.1, -0.05) is 0 Å². The number of carbonyl (C=O) groups excluding carboxylic acids is 1. The summed E-state index contributed by atoms with van der Waals surface area (Å²) in [5.41, 5.74) is 0. The molecule has 1 unspecified atom stereocenters. The first kappa shape index (κ1) is 13.3. The second-order valence-corrected chi connectivity index (χ2v) is 4.13. The molecule has 2 amide bonds. The Hall–Kier alpha value is -0.770. The van der Waals surface area contributed by atoms with Crippen LogP contribution in [0.15, 0.2) is 0 Å². The monoisotopic (exact) mass is 228 g/mol. The van der Waals surface area contributed by atoms with Crippen molar-refractivity contribution in [2.75, 3.05) is 32.8 Å². The van der Waals surface area contributed by atoms with Crippen molar-refractivity contribution in [3.63, 3.8) is 0 Å². The van der Waals surface area contributed by atoms with Gasteiger partial charge >= 0.3 is 6.03 Å². The van der Waals surface area contributed by atoms with E-state index in [4.69, 9.17) is 4.74 Å². The molecule has 0 aromatic carbocycles. The lowest BCUT2D eigenvalue weighted by atomic mass is 10.2. The van der Waals surface area contributed by atoms with Crippen LogP contribution in [0.2, 0.25) is 0 Å². The van der Waals surface area contributed by atoms with Crippen molar-refractivity contribution in [2.45, 2.75) is 39.7 Å². The third-order valence-electron chi connectivity index (χ3n) is 3.13. The Bertz CT molecular complexity index is 211. The van der Waals surface area contributed by atoms with Gasteiger partial charge in [-0.05, 0) is 33.6 Å². The van der Waals surface area contributed by atoms with Crippen LogP contribution in [-0.4, -0.2) is 54.7 Å². The molecular weight excluding hydrogens is 204 g/mol. The number of rotatable bonds is 5. The van der Waals surface area contributed by atoms with Gasteiger partial charge in [-0.25, -0.2) is 4.79 Å². The van der Waals surface area contributed by atoms with Crippen molar-refractivity contribution in [1.29, 1.82) is 0 Å². The van der Waals surface area contributed by atoms with Crippen molar-refractivity contribution in [3.8, 4) is 0 Å². The molecule has 16 heavy (non-hydrogen) atoms. The van der Waals surface area contributed by atoms with Gasteiger partial charge in [0.05, 0.1) is 6.10 Å². The number of urea groups is 1. The summed E-state index contributed by atoms with van der Waals surface area (Å²) in [5, 5.41) is 0. The number of carbonyl (C=O) groups is 1. The quantitative estimate of drug-likeness (QED) is 0.720. The summed E-state index contributed by atoms with van der Waals surface area (Å²) in [4.78, 5) is 15.9. The summed E-state index contributed by atoms with van der Waals surface area (Å²) in [6, 6.07) is 0.142. The third-order valence-corrected chi connectivity index (χ3v) is 3.13. The van der Waals surface area contributed by atoms with Crippen LogP contribution >= 0.6 is 0 Å². The van der Waals surface area contributed by atoms with E-state index in [1.54, 1.807) is 0 Å². The second-order valence-electron chi connectivity index (χ2n) is 4.13. The fourth-order valence-electron chi connectivity index (χ4n) is 2.07. The first-order chi connectivity index (χ1) is 7.72. The Morgan fingerprint density at radius 1 is 1.19 bits per heavy atom. The smallest absolute Gasteiger partial charge is 0.320 e. The highest BCUT2D eigenvalue weighted by molar-refractivity contribution is 5.74. The van der Waals surface area contributed by atoms with Gasteiger partial charge in [-0.2, -0.15) is 0 Å². The molecule has 4 heteroatoms. The third kappa shape index (κ3) is 3.37. The van der Waals surface area contributed by atoms with Crippen LogP contribution < -0.4 is 0 Å². The van der Waals surface area contributed by atoms with Gasteiger partial charge in [0.15, 0.2) is 0 Å². The van der Waals surface area contributed by atoms with Crippen molar-refractivity contribution in [1.82, 2.24) is 9.80 Å². The minimum absolute atomic E-state index is 0.142. The Morgan fingerprint density at radius 3 is 2.25 bits per heavy atom. The molecule has 0 bridgehead atoms. The van der Waals surface area contributed by atoms with Gasteiger partial charge in [0.2, 0.25) is 0 Å². The molecule has 1 saturated heterocycles. The predicted octanol–water partition coefficient (Wildman–Crippen LogP) is 1.95. The van der Waals surface area contributed by atoms with Crippen LogP contribution in [0, 0.1) is 0 Å². The maximum absolute atomic E-state index is 12.1. The summed E-state index contributed by atoms with van der Waals surface area (Å²) >= 11 is 0. The number of ether oxygens (including phenoxy) is 1. The zero-order valence-electron chi connectivity index (χ0n) is 10.7. The molecule has 1 aliphatic rings. The number of hydrogen-bond acceptors (Lipinski definition) is 2. The van der Waals surface area contributed by atoms with Crippen molar-refractivity contribution in [3.05, 3.63) is 0 Å². The number of nitrogens with zero attached hydrogens (tertiary/aromatic N) is 2. The molecule has 0 saturated carbocycles. The van der Waals surface area contributed by atoms with Gasteiger partial charge in [0.1, 0.15) is 0 Å². The minimum Gasteiger partial charge on any atom is -0.376 e. The largest absolute Gasteiger partial charge is 0.376 e. The van der Waals surface area contributed by atoms with Crippen LogP contribution in [-0.2, 0) is 4.74 Å². The first-order valence-electron chi connectivity index (χ1n) is 6.38. The molecular formula is C12H24N2O2. The minimum atomic E-state index is 0.142. The van der Waals surface area contributed by atoms with E-state index in [1.807, 2.05) is 30.6 Å². The Labute approximate surface area is 98.5 Å². The van der Waals surface area contributed by atoms with Crippen LogP contribution in [0.3, 0.4) is 0 Å². The molecule has 1 rings (SSSR count). The molecule has 4 nitrogen and oxygen atoms in total. The van der Waals surface area contributed by atoms with Crippen molar-refractivity contribution >= 4 is 6.03 Å². The summed E-state index contributed by atoms with van der Waals surface area (Å²) in [7, 11) is 0. The van der Waals surface area contributed by atoms with Crippen molar-refractivity contribution in [2.24, 2.45) is 0 Å². The second kappa shape index (κ2) is 6.74. The van der Waals surface area contributed by atoms with Crippen LogP contribution in [0.1, 0.15) is 33.6 Å². The fraction of sp³-hybridized carbons (Fsp3) is 0.917. The summed E-state index contributed by atoms with van der Waals surface area (Å²) in [5.74, 6) is 0. The standard InChI is InChI=1S/C12H24N2O2/c1-4-13(5-2)12(15)14(6-3)10-11-8-7-9-16-11/h11H,4-10H2,1-3H3. The van der Waals surface area contributed by atoms with E-state index in [1.165, 1.54) is 0 Å². The molecule has 1 aliphatic heterocycles. The normalized spacial score (nSPS) is 19.8. The van der Waals surface area contributed by atoms with E-state index >= 15 is 0 Å². The average Bonchev–Trinajstić information content (AvgIpc) is 2.80. The van der Waals surface area contributed by atoms with Gasteiger partial charge in [-0.15, -0.1) is 0 Å². The molecule has 1 atom stereocenters. The fourth-order valence-corrected chi connectivity index (χ4v) is 2.07. The summed E-state index contributed by atoms with van der Waals surface area (Å²) in [6.45, 7) is 9.95. The molecule has 0 N–H and O–H groups in total. The van der Waals surface area contributed by atoms with E-state index in [0.29, 0.717) is 0 Å². The average molecular weight is 228 g/mol. The van der Waals surface area contributed by atoms with Crippen LogP contribution in [0.4, 0.5) is 4.79 Å². The SMILES string of the molecule is CCN(CC)C(=O)N(CC)CC1CCCO1. The topological polar surface area (TPSA) is 32.8 Å². The van der Waals surface area contributed by atoms with Gasteiger partial charge < -0.3 is 14.5 Å². The Kier molecular flexibility index (Phi) is 5.60. The first-order valence-corrected chi connectivity index (χ1v) is 6.38. The maximum atomic E-state index is 12.1. The lowest BCUT2D eigenvalue weighted by Gasteiger charge is -2.30. The van der Waals surface area contributed by atoms with E-state index in [-0.39, 0.29) is 12.1 Å². The maximum Gasteiger partial charge on any atom is 0.320 e. The number of hydrogen-bond donors (Lipinski definition) is 0. The van der Waals surface area contributed by atoms with Crippen LogP contribution in [0.25, 0.3) is 0 Å². The number of likely N-dealkylation sites (N-methyl/N-ethyl adjacent to an activating group) is 1. The summed E-state index contributed by atoms with van der Waals surface area (Å²) < 4.78 is 5.57. The number of amides is 2.